The normalized spacial score (nSPS) is 19.4. The third kappa shape index (κ3) is 6.26. The molecular weight excluding hydrogens is 218 g/mol. The van der Waals surface area contributed by atoms with Crippen molar-refractivity contribution < 1.29 is 9.59 Å². The fraction of sp³-hybridized carbons (Fsp3) is 0.833. The molecule has 1 saturated heterocycles. The molecule has 0 bridgehead atoms. The van der Waals surface area contributed by atoms with Gasteiger partial charge in [-0.2, -0.15) is 0 Å². The number of amides is 2. The van der Waals surface area contributed by atoms with Crippen molar-refractivity contribution >= 4 is 11.8 Å². The van der Waals surface area contributed by atoms with Gasteiger partial charge < -0.3 is 16.0 Å². The Bertz CT molecular complexity index is 260. The summed E-state index contributed by atoms with van der Waals surface area (Å²) in [5.41, 5.74) is 0. The van der Waals surface area contributed by atoms with Crippen molar-refractivity contribution in [1.29, 1.82) is 0 Å². The van der Waals surface area contributed by atoms with Crippen LogP contribution in [0.15, 0.2) is 0 Å². The van der Waals surface area contributed by atoms with Crippen molar-refractivity contribution in [3.63, 3.8) is 0 Å². The van der Waals surface area contributed by atoms with Crippen LogP contribution in [0.25, 0.3) is 0 Å². The summed E-state index contributed by atoms with van der Waals surface area (Å²) >= 11 is 0. The molecule has 98 valence electrons. The summed E-state index contributed by atoms with van der Waals surface area (Å²) in [7, 11) is 0. The highest BCUT2D eigenvalue weighted by Gasteiger charge is 2.17. The third-order valence-corrected chi connectivity index (χ3v) is 2.72. The second kappa shape index (κ2) is 7.27. The predicted molar refractivity (Wildman–Crippen MR) is 66.5 cm³/mol. The molecule has 1 aliphatic rings. The topological polar surface area (TPSA) is 70.2 Å². The molecule has 0 radical (unpaired) electrons. The standard InChI is InChI=1S/C12H23N3O2/c1-9(2)15-11(16)5-7-14-12(17)8-10-4-3-6-13-10/h9-10,13H,3-8H2,1-2H3,(H,14,17)(H,15,16). The number of rotatable bonds is 6. The smallest absolute Gasteiger partial charge is 0.221 e. The number of hydrogen-bond donors (Lipinski definition) is 3. The second-order valence-corrected chi connectivity index (χ2v) is 4.82. The van der Waals surface area contributed by atoms with Gasteiger partial charge in [0.1, 0.15) is 0 Å². The first-order valence-corrected chi connectivity index (χ1v) is 6.37. The van der Waals surface area contributed by atoms with E-state index in [1.165, 1.54) is 0 Å². The van der Waals surface area contributed by atoms with Crippen molar-refractivity contribution in [2.75, 3.05) is 13.1 Å². The quantitative estimate of drug-likeness (QED) is 0.620. The lowest BCUT2D eigenvalue weighted by molar-refractivity contribution is -0.122. The van der Waals surface area contributed by atoms with Gasteiger partial charge >= 0.3 is 0 Å². The molecule has 0 aromatic rings. The van der Waals surface area contributed by atoms with Gasteiger partial charge in [-0.1, -0.05) is 0 Å². The van der Waals surface area contributed by atoms with Gasteiger partial charge in [-0.3, -0.25) is 9.59 Å². The van der Waals surface area contributed by atoms with E-state index in [-0.39, 0.29) is 17.9 Å². The fourth-order valence-corrected chi connectivity index (χ4v) is 1.94. The molecule has 17 heavy (non-hydrogen) atoms. The molecule has 3 N–H and O–H groups in total. The van der Waals surface area contributed by atoms with E-state index in [1.807, 2.05) is 13.8 Å². The van der Waals surface area contributed by atoms with Gasteiger partial charge in [-0.25, -0.2) is 0 Å². The third-order valence-electron chi connectivity index (χ3n) is 2.72. The zero-order valence-corrected chi connectivity index (χ0v) is 10.7. The van der Waals surface area contributed by atoms with Gasteiger partial charge in [0.25, 0.3) is 0 Å². The van der Waals surface area contributed by atoms with Crippen molar-refractivity contribution in [3.05, 3.63) is 0 Å². The van der Waals surface area contributed by atoms with Crippen LogP contribution in [0, 0.1) is 0 Å². The molecule has 1 aliphatic heterocycles. The molecule has 5 nitrogen and oxygen atoms in total. The molecule has 0 saturated carbocycles. The molecule has 1 fully saturated rings. The molecule has 1 heterocycles. The van der Waals surface area contributed by atoms with Gasteiger partial charge in [0.05, 0.1) is 0 Å². The molecule has 5 heteroatoms. The predicted octanol–water partition coefficient (Wildman–Crippen LogP) is 0.159. The van der Waals surface area contributed by atoms with Gasteiger partial charge in [-0.05, 0) is 33.2 Å². The molecule has 1 unspecified atom stereocenters. The van der Waals surface area contributed by atoms with Crippen LogP contribution in [0.5, 0.6) is 0 Å². The largest absolute Gasteiger partial charge is 0.356 e. The molecule has 0 aromatic carbocycles. The maximum absolute atomic E-state index is 11.5. The van der Waals surface area contributed by atoms with Crippen LogP contribution < -0.4 is 16.0 Å². The Morgan fingerprint density at radius 3 is 2.71 bits per heavy atom. The van der Waals surface area contributed by atoms with Crippen LogP contribution >= 0.6 is 0 Å². The minimum absolute atomic E-state index is 0.0145. The highest BCUT2D eigenvalue weighted by atomic mass is 16.2. The van der Waals surface area contributed by atoms with Gasteiger partial charge in [-0.15, -0.1) is 0 Å². The van der Waals surface area contributed by atoms with Crippen molar-refractivity contribution in [2.45, 2.75) is 51.6 Å². The van der Waals surface area contributed by atoms with Crippen molar-refractivity contribution in [2.24, 2.45) is 0 Å². The van der Waals surface area contributed by atoms with E-state index in [4.69, 9.17) is 0 Å². The van der Waals surface area contributed by atoms with E-state index >= 15 is 0 Å². The van der Waals surface area contributed by atoms with Crippen LogP contribution in [-0.4, -0.2) is 37.0 Å². The lowest BCUT2D eigenvalue weighted by Gasteiger charge is -2.11. The molecule has 0 spiro atoms. The van der Waals surface area contributed by atoms with E-state index in [1.54, 1.807) is 0 Å². The summed E-state index contributed by atoms with van der Waals surface area (Å²) < 4.78 is 0. The zero-order valence-electron chi connectivity index (χ0n) is 10.7. The van der Waals surface area contributed by atoms with Gasteiger partial charge in [0.15, 0.2) is 0 Å². The lowest BCUT2D eigenvalue weighted by Crippen LogP contribution is -2.36. The molecule has 1 rings (SSSR count). The summed E-state index contributed by atoms with van der Waals surface area (Å²) in [6.07, 6.45) is 3.09. The second-order valence-electron chi connectivity index (χ2n) is 4.82. The molecule has 2 amide bonds. The molecule has 0 aromatic heterocycles. The fourth-order valence-electron chi connectivity index (χ4n) is 1.94. The minimum Gasteiger partial charge on any atom is -0.356 e. The summed E-state index contributed by atoms with van der Waals surface area (Å²) in [6.45, 7) is 5.27. The first-order valence-electron chi connectivity index (χ1n) is 6.37. The summed E-state index contributed by atoms with van der Waals surface area (Å²) in [4.78, 5) is 22.8. The first kappa shape index (κ1) is 14.0. The van der Waals surface area contributed by atoms with Crippen LogP contribution in [0.3, 0.4) is 0 Å². The maximum atomic E-state index is 11.5. The number of carbonyl (C=O) groups excluding carboxylic acids is 2. The highest BCUT2D eigenvalue weighted by Crippen LogP contribution is 2.07. The summed E-state index contributed by atoms with van der Waals surface area (Å²) in [5, 5.41) is 8.83. The zero-order chi connectivity index (χ0) is 12.7. The molecular formula is C12H23N3O2. The SMILES string of the molecule is CC(C)NC(=O)CCNC(=O)CC1CCCN1. The van der Waals surface area contributed by atoms with E-state index in [0.29, 0.717) is 25.4 Å². The Hall–Kier alpha value is -1.10. The van der Waals surface area contributed by atoms with Crippen molar-refractivity contribution in [1.82, 2.24) is 16.0 Å². The average Bonchev–Trinajstić information content (AvgIpc) is 2.69. The number of hydrogen-bond acceptors (Lipinski definition) is 3. The Labute approximate surface area is 103 Å². The van der Waals surface area contributed by atoms with Crippen LogP contribution in [0.2, 0.25) is 0 Å². The van der Waals surface area contributed by atoms with Crippen molar-refractivity contribution in [3.8, 4) is 0 Å². The molecule has 0 aliphatic carbocycles. The lowest BCUT2D eigenvalue weighted by atomic mass is 10.1. The highest BCUT2D eigenvalue weighted by molar-refractivity contribution is 5.79. The Morgan fingerprint density at radius 1 is 1.35 bits per heavy atom. The average molecular weight is 241 g/mol. The summed E-state index contributed by atoms with van der Waals surface area (Å²) in [6, 6.07) is 0.473. The van der Waals surface area contributed by atoms with Gasteiger partial charge in [0, 0.05) is 31.5 Å². The van der Waals surface area contributed by atoms with Crippen LogP contribution in [0.1, 0.15) is 39.5 Å². The van der Waals surface area contributed by atoms with Crippen LogP contribution in [0.4, 0.5) is 0 Å². The Balaban J connectivity index is 2.05. The summed E-state index contributed by atoms with van der Waals surface area (Å²) in [5.74, 6) is 0.0149. The first-order chi connectivity index (χ1) is 8.08. The molecule has 1 atom stereocenters. The number of carbonyl (C=O) groups is 2. The van der Waals surface area contributed by atoms with E-state index in [2.05, 4.69) is 16.0 Å². The minimum atomic E-state index is -0.0145. The van der Waals surface area contributed by atoms with E-state index < -0.39 is 0 Å². The maximum Gasteiger partial charge on any atom is 0.221 e. The number of nitrogens with one attached hydrogen (secondary N) is 3. The monoisotopic (exact) mass is 241 g/mol. The Kier molecular flexibility index (Phi) is 5.97. The van der Waals surface area contributed by atoms with E-state index in [9.17, 15) is 9.59 Å². The van der Waals surface area contributed by atoms with Gasteiger partial charge in [0.2, 0.25) is 11.8 Å². The Morgan fingerprint density at radius 2 is 2.12 bits per heavy atom. The van der Waals surface area contributed by atoms with Crippen LogP contribution in [-0.2, 0) is 9.59 Å². The van der Waals surface area contributed by atoms with E-state index in [0.717, 1.165) is 19.4 Å².